The molecule has 2 aromatic rings. The van der Waals surface area contributed by atoms with E-state index in [1.807, 2.05) is 11.0 Å². The molecule has 4 heteroatoms. The molecule has 0 aromatic heterocycles. The summed E-state index contributed by atoms with van der Waals surface area (Å²) in [5, 5.41) is 0. The lowest BCUT2D eigenvalue weighted by molar-refractivity contribution is -0.134. The van der Waals surface area contributed by atoms with Crippen molar-refractivity contribution in [1.29, 1.82) is 0 Å². The fraction of sp³-hybridized carbons (Fsp3) is 0.435. The molecule has 4 nitrogen and oxygen atoms in total. The van der Waals surface area contributed by atoms with Gasteiger partial charge in [-0.05, 0) is 74.1 Å². The van der Waals surface area contributed by atoms with E-state index in [-0.39, 0.29) is 12.5 Å². The fourth-order valence-electron chi connectivity index (χ4n) is 4.25. The molecule has 2 aliphatic rings. The van der Waals surface area contributed by atoms with Crippen LogP contribution < -0.4 is 9.64 Å². The zero-order valence-electron chi connectivity index (χ0n) is 16.3. The highest BCUT2D eigenvalue weighted by Gasteiger charge is 2.27. The molecule has 1 aliphatic carbocycles. The van der Waals surface area contributed by atoms with Crippen LogP contribution in [0.5, 0.6) is 5.75 Å². The van der Waals surface area contributed by atoms with Gasteiger partial charge >= 0.3 is 0 Å². The summed E-state index contributed by atoms with van der Waals surface area (Å²) >= 11 is 0. The second-order valence-corrected chi connectivity index (χ2v) is 7.79. The van der Waals surface area contributed by atoms with Gasteiger partial charge in [-0.15, -0.1) is 0 Å². The lowest BCUT2D eigenvalue weighted by atomic mass is 10.1. The monoisotopic (exact) mass is 364 g/mol. The van der Waals surface area contributed by atoms with Gasteiger partial charge in [-0.25, -0.2) is 0 Å². The number of amides is 1. The Morgan fingerprint density at radius 2 is 1.96 bits per heavy atom. The molecule has 0 bridgehead atoms. The predicted molar refractivity (Wildman–Crippen MR) is 109 cm³/mol. The number of hydrogen-bond donors (Lipinski definition) is 0. The van der Waals surface area contributed by atoms with Gasteiger partial charge in [0.1, 0.15) is 5.75 Å². The summed E-state index contributed by atoms with van der Waals surface area (Å²) in [6.07, 6.45) is 3.51. The Morgan fingerprint density at radius 3 is 2.78 bits per heavy atom. The number of hydrogen-bond acceptors (Lipinski definition) is 3. The maximum absolute atomic E-state index is 12.6. The molecule has 142 valence electrons. The number of rotatable bonds is 4. The van der Waals surface area contributed by atoms with Gasteiger partial charge in [-0.1, -0.05) is 18.2 Å². The van der Waals surface area contributed by atoms with Gasteiger partial charge in [0.2, 0.25) is 0 Å². The molecule has 1 fully saturated rings. The van der Waals surface area contributed by atoms with Crippen LogP contribution in [-0.2, 0) is 17.6 Å². The van der Waals surface area contributed by atoms with Crippen LogP contribution in [0, 0.1) is 6.92 Å². The summed E-state index contributed by atoms with van der Waals surface area (Å²) in [5.74, 6) is 0.890. The minimum absolute atomic E-state index is 0.0752. The fourth-order valence-corrected chi connectivity index (χ4v) is 4.25. The predicted octanol–water partition coefficient (Wildman–Crippen LogP) is 3.60. The second kappa shape index (κ2) is 7.63. The number of benzene rings is 2. The van der Waals surface area contributed by atoms with Crippen molar-refractivity contribution in [2.45, 2.75) is 39.2 Å². The van der Waals surface area contributed by atoms with Crippen molar-refractivity contribution >= 4 is 11.6 Å². The van der Waals surface area contributed by atoms with Crippen LogP contribution in [0.1, 0.15) is 30.0 Å². The number of carbonyl (C=O) groups is 1. The highest BCUT2D eigenvalue weighted by Crippen LogP contribution is 2.26. The number of fused-ring (bicyclic) bond motifs is 1. The summed E-state index contributed by atoms with van der Waals surface area (Å²) in [6, 6.07) is 15.1. The Kier molecular flexibility index (Phi) is 5.06. The van der Waals surface area contributed by atoms with Crippen molar-refractivity contribution in [3.8, 4) is 5.75 Å². The zero-order valence-corrected chi connectivity index (χ0v) is 16.3. The third-order valence-corrected chi connectivity index (χ3v) is 5.75. The van der Waals surface area contributed by atoms with E-state index in [0.717, 1.165) is 38.2 Å². The lowest BCUT2D eigenvalue weighted by Gasteiger charge is -2.41. The van der Waals surface area contributed by atoms with Crippen LogP contribution in [0.2, 0.25) is 0 Å². The molecule has 0 N–H and O–H groups in total. The van der Waals surface area contributed by atoms with Crippen molar-refractivity contribution in [3.05, 3.63) is 59.2 Å². The van der Waals surface area contributed by atoms with Gasteiger partial charge in [0.15, 0.2) is 6.61 Å². The minimum atomic E-state index is 0.0752. The standard InChI is InChI=1S/C23H28N2O2/c1-17-5-3-8-21(13-17)25-12-11-24(15-18(25)2)23(26)16-27-22-10-9-19-6-4-7-20(19)14-22/h3,5,8-10,13-14,18H,4,6-7,11-12,15-16H2,1-2H3/t18-/m1/s1. The molecule has 4 rings (SSSR count). The van der Waals surface area contributed by atoms with Crippen LogP contribution in [0.15, 0.2) is 42.5 Å². The second-order valence-electron chi connectivity index (χ2n) is 7.79. The molecule has 0 unspecified atom stereocenters. The maximum Gasteiger partial charge on any atom is 0.260 e. The highest BCUT2D eigenvalue weighted by molar-refractivity contribution is 5.78. The van der Waals surface area contributed by atoms with Gasteiger partial charge < -0.3 is 14.5 Å². The van der Waals surface area contributed by atoms with E-state index in [1.165, 1.54) is 28.8 Å². The van der Waals surface area contributed by atoms with E-state index in [2.05, 4.69) is 55.1 Å². The van der Waals surface area contributed by atoms with Crippen LogP contribution >= 0.6 is 0 Å². The van der Waals surface area contributed by atoms with Crippen LogP contribution in [-0.4, -0.2) is 43.1 Å². The molecule has 1 heterocycles. The van der Waals surface area contributed by atoms with Gasteiger partial charge in [-0.2, -0.15) is 0 Å². The van der Waals surface area contributed by atoms with Crippen molar-refractivity contribution < 1.29 is 9.53 Å². The van der Waals surface area contributed by atoms with Crippen LogP contribution in [0.25, 0.3) is 0 Å². The van der Waals surface area contributed by atoms with Crippen molar-refractivity contribution in [2.24, 2.45) is 0 Å². The summed E-state index contributed by atoms with van der Waals surface area (Å²) in [4.78, 5) is 17.0. The third kappa shape index (κ3) is 3.95. The van der Waals surface area contributed by atoms with Crippen molar-refractivity contribution in [2.75, 3.05) is 31.1 Å². The molecule has 1 amide bonds. The zero-order chi connectivity index (χ0) is 18.8. The molecule has 0 spiro atoms. The smallest absolute Gasteiger partial charge is 0.260 e. The Labute approximate surface area is 161 Å². The van der Waals surface area contributed by atoms with E-state index in [1.54, 1.807) is 0 Å². The number of piperazine rings is 1. The first-order valence-electron chi connectivity index (χ1n) is 9.96. The summed E-state index contributed by atoms with van der Waals surface area (Å²) < 4.78 is 5.80. The number of ether oxygens (including phenoxy) is 1. The molecule has 27 heavy (non-hydrogen) atoms. The first-order chi connectivity index (χ1) is 13.1. The van der Waals surface area contributed by atoms with E-state index in [4.69, 9.17) is 4.74 Å². The highest BCUT2D eigenvalue weighted by atomic mass is 16.5. The summed E-state index contributed by atoms with van der Waals surface area (Å²) in [5.41, 5.74) is 5.31. The SMILES string of the molecule is Cc1cccc(N2CCN(C(=O)COc3ccc4c(c3)CCC4)C[C@H]2C)c1. The first-order valence-corrected chi connectivity index (χ1v) is 9.96. The molecule has 0 radical (unpaired) electrons. The topological polar surface area (TPSA) is 32.8 Å². The lowest BCUT2D eigenvalue weighted by Crippen LogP contribution is -2.54. The Bertz CT molecular complexity index is 833. The molecule has 1 saturated heterocycles. The number of nitrogens with zero attached hydrogens (tertiary/aromatic N) is 2. The largest absolute Gasteiger partial charge is 0.484 e. The Balaban J connectivity index is 1.32. The molecular formula is C23H28N2O2. The van der Waals surface area contributed by atoms with Gasteiger partial charge in [-0.3, -0.25) is 4.79 Å². The Morgan fingerprint density at radius 1 is 1.11 bits per heavy atom. The maximum atomic E-state index is 12.6. The first kappa shape index (κ1) is 17.9. The molecule has 0 saturated carbocycles. The minimum Gasteiger partial charge on any atom is -0.484 e. The van der Waals surface area contributed by atoms with E-state index >= 15 is 0 Å². The molecule has 1 atom stereocenters. The van der Waals surface area contributed by atoms with Crippen LogP contribution in [0.4, 0.5) is 5.69 Å². The molecule has 1 aliphatic heterocycles. The third-order valence-electron chi connectivity index (χ3n) is 5.75. The van der Waals surface area contributed by atoms with Crippen LogP contribution in [0.3, 0.4) is 0 Å². The summed E-state index contributed by atoms with van der Waals surface area (Å²) in [6.45, 7) is 6.75. The molecular weight excluding hydrogens is 336 g/mol. The van der Waals surface area contributed by atoms with Gasteiger partial charge in [0.05, 0.1) is 0 Å². The number of carbonyl (C=O) groups excluding carboxylic acids is 1. The summed E-state index contributed by atoms with van der Waals surface area (Å²) in [7, 11) is 0. The van der Waals surface area contributed by atoms with Gasteiger partial charge in [0, 0.05) is 31.4 Å². The van der Waals surface area contributed by atoms with E-state index in [9.17, 15) is 4.79 Å². The van der Waals surface area contributed by atoms with E-state index < -0.39 is 0 Å². The van der Waals surface area contributed by atoms with Crippen molar-refractivity contribution in [3.63, 3.8) is 0 Å². The normalized spacial score (nSPS) is 19.1. The van der Waals surface area contributed by atoms with Gasteiger partial charge in [0.25, 0.3) is 5.91 Å². The quantitative estimate of drug-likeness (QED) is 0.831. The average Bonchev–Trinajstić information content (AvgIpc) is 3.13. The number of anilines is 1. The molecule has 2 aromatic carbocycles. The number of aryl methyl sites for hydroxylation is 3. The van der Waals surface area contributed by atoms with Crippen molar-refractivity contribution in [1.82, 2.24) is 4.90 Å². The average molecular weight is 364 g/mol. The van der Waals surface area contributed by atoms with E-state index in [0.29, 0.717) is 6.04 Å². The Hall–Kier alpha value is -2.49.